The van der Waals surface area contributed by atoms with Crippen molar-refractivity contribution in [3.05, 3.63) is 30.2 Å². The molecular formula is C15H23Cl2N3O3. The first-order valence-corrected chi connectivity index (χ1v) is 7.10. The normalized spacial score (nSPS) is 9.96. The lowest BCUT2D eigenvalue weighted by Crippen LogP contribution is -2.33. The van der Waals surface area contributed by atoms with Crippen molar-refractivity contribution in [1.29, 1.82) is 0 Å². The average Bonchev–Trinajstić information content (AvgIpc) is 2.91. The van der Waals surface area contributed by atoms with Crippen molar-refractivity contribution >= 4 is 41.8 Å². The van der Waals surface area contributed by atoms with Crippen LogP contribution in [0.25, 0.3) is 11.1 Å². The third kappa shape index (κ3) is 7.65. The first-order chi connectivity index (χ1) is 10.3. The van der Waals surface area contributed by atoms with Crippen LogP contribution in [0.2, 0.25) is 0 Å². The summed E-state index contributed by atoms with van der Waals surface area (Å²) in [5.41, 5.74) is 1.59. The monoisotopic (exact) mass is 363 g/mol. The lowest BCUT2D eigenvalue weighted by molar-refractivity contribution is -0.121. The van der Waals surface area contributed by atoms with Crippen LogP contribution in [0.4, 0.5) is 0 Å². The van der Waals surface area contributed by atoms with Crippen LogP contribution >= 0.6 is 24.8 Å². The Morgan fingerprint density at radius 1 is 1.22 bits per heavy atom. The second-order valence-corrected chi connectivity index (χ2v) is 4.67. The fraction of sp³-hybridized carbons (Fsp3) is 0.467. The molecule has 0 bridgehead atoms. The van der Waals surface area contributed by atoms with Crippen molar-refractivity contribution in [2.45, 2.75) is 12.8 Å². The number of amides is 1. The van der Waals surface area contributed by atoms with Crippen molar-refractivity contribution in [2.75, 3.05) is 33.4 Å². The highest BCUT2D eigenvalue weighted by molar-refractivity contribution is 5.85. The van der Waals surface area contributed by atoms with E-state index < -0.39 is 0 Å². The minimum absolute atomic E-state index is 0. The van der Waals surface area contributed by atoms with Gasteiger partial charge in [0.15, 0.2) is 11.5 Å². The summed E-state index contributed by atoms with van der Waals surface area (Å²) in [5, 5.41) is 6.01. The van der Waals surface area contributed by atoms with E-state index in [0.29, 0.717) is 31.9 Å². The van der Waals surface area contributed by atoms with Crippen LogP contribution in [0.15, 0.2) is 28.7 Å². The van der Waals surface area contributed by atoms with Crippen molar-refractivity contribution < 1.29 is 13.9 Å². The van der Waals surface area contributed by atoms with E-state index in [9.17, 15) is 4.79 Å². The highest BCUT2D eigenvalue weighted by Crippen LogP contribution is 2.15. The molecule has 0 fully saturated rings. The molecule has 0 unspecified atom stereocenters. The second kappa shape index (κ2) is 12.1. The summed E-state index contributed by atoms with van der Waals surface area (Å²) in [7, 11) is 1.66. The van der Waals surface area contributed by atoms with E-state index in [2.05, 4.69) is 15.6 Å². The van der Waals surface area contributed by atoms with Gasteiger partial charge in [-0.05, 0) is 12.1 Å². The van der Waals surface area contributed by atoms with Gasteiger partial charge in [0.1, 0.15) is 5.52 Å². The highest BCUT2D eigenvalue weighted by Gasteiger charge is 2.07. The lowest BCUT2D eigenvalue weighted by atomic mass is 10.3. The number of methoxy groups -OCH3 is 1. The van der Waals surface area contributed by atoms with E-state index in [1.54, 1.807) is 7.11 Å². The smallest absolute Gasteiger partial charge is 0.220 e. The number of para-hydroxylation sites is 2. The molecule has 0 aliphatic heterocycles. The Hall–Kier alpha value is -1.34. The Morgan fingerprint density at radius 2 is 2.00 bits per heavy atom. The number of aryl methyl sites for hydroxylation is 1. The number of ether oxygens (including phenoxy) is 1. The Balaban J connectivity index is 0.00000242. The van der Waals surface area contributed by atoms with E-state index in [-0.39, 0.29) is 30.7 Å². The number of rotatable bonds is 9. The fourth-order valence-corrected chi connectivity index (χ4v) is 1.93. The number of halogens is 2. The molecule has 1 aromatic heterocycles. The average molecular weight is 364 g/mol. The number of benzene rings is 1. The third-order valence-corrected chi connectivity index (χ3v) is 3.01. The Labute approximate surface area is 148 Å². The number of hydrogen-bond acceptors (Lipinski definition) is 5. The van der Waals surface area contributed by atoms with Gasteiger partial charge in [-0.2, -0.15) is 0 Å². The molecule has 0 saturated carbocycles. The number of hydrogen-bond donors (Lipinski definition) is 2. The number of fused-ring (bicyclic) bond motifs is 1. The molecule has 6 nitrogen and oxygen atoms in total. The Kier molecular flexibility index (Phi) is 11.4. The van der Waals surface area contributed by atoms with E-state index in [4.69, 9.17) is 9.15 Å². The summed E-state index contributed by atoms with van der Waals surface area (Å²) in [6.07, 6.45) is 0.891. The van der Waals surface area contributed by atoms with Crippen LogP contribution in [0.1, 0.15) is 12.3 Å². The van der Waals surface area contributed by atoms with Gasteiger partial charge in [-0.3, -0.25) is 4.79 Å². The molecule has 130 valence electrons. The summed E-state index contributed by atoms with van der Waals surface area (Å²) in [6, 6.07) is 7.59. The number of nitrogens with zero attached hydrogens (tertiary/aromatic N) is 1. The molecule has 1 aromatic carbocycles. The third-order valence-electron chi connectivity index (χ3n) is 3.01. The molecule has 0 spiro atoms. The van der Waals surface area contributed by atoms with E-state index >= 15 is 0 Å². The minimum Gasteiger partial charge on any atom is -0.441 e. The van der Waals surface area contributed by atoms with Crippen LogP contribution in [0, 0.1) is 0 Å². The minimum atomic E-state index is 0. The fourth-order valence-electron chi connectivity index (χ4n) is 1.93. The van der Waals surface area contributed by atoms with Crippen LogP contribution < -0.4 is 10.6 Å². The Bertz CT molecular complexity index is 545. The zero-order valence-corrected chi connectivity index (χ0v) is 14.7. The van der Waals surface area contributed by atoms with Crippen molar-refractivity contribution in [3.8, 4) is 0 Å². The van der Waals surface area contributed by atoms with Crippen LogP contribution in [-0.4, -0.2) is 44.2 Å². The van der Waals surface area contributed by atoms with Crippen molar-refractivity contribution in [1.82, 2.24) is 15.6 Å². The molecule has 0 saturated heterocycles. The maximum absolute atomic E-state index is 11.7. The number of carbonyl (C=O) groups excluding carboxylic acids is 1. The maximum Gasteiger partial charge on any atom is 0.220 e. The largest absolute Gasteiger partial charge is 0.441 e. The van der Waals surface area contributed by atoms with Gasteiger partial charge in [0.25, 0.3) is 0 Å². The summed E-state index contributed by atoms with van der Waals surface area (Å²) in [6.45, 7) is 2.80. The lowest BCUT2D eigenvalue weighted by Gasteiger charge is -2.05. The molecule has 2 aromatic rings. The standard InChI is InChI=1S/C15H21N3O3.2ClH/c1-20-11-10-16-8-9-17-14(19)6-7-15-18-12-4-2-3-5-13(12)21-15;;/h2-5,16H,6-11H2,1H3,(H,17,19);2*1H. The van der Waals surface area contributed by atoms with Gasteiger partial charge < -0.3 is 19.8 Å². The number of nitrogens with one attached hydrogen (secondary N) is 2. The molecular weight excluding hydrogens is 341 g/mol. The van der Waals surface area contributed by atoms with Crippen LogP contribution in [0.5, 0.6) is 0 Å². The van der Waals surface area contributed by atoms with E-state index in [0.717, 1.165) is 24.2 Å². The molecule has 2 rings (SSSR count). The predicted octanol–water partition coefficient (Wildman–Crippen LogP) is 1.96. The van der Waals surface area contributed by atoms with Gasteiger partial charge >= 0.3 is 0 Å². The first-order valence-electron chi connectivity index (χ1n) is 7.10. The van der Waals surface area contributed by atoms with Gasteiger partial charge in [0.05, 0.1) is 6.61 Å². The number of oxazole rings is 1. The maximum atomic E-state index is 11.7. The van der Waals surface area contributed by atoms with Gasteiger partial charge in [0.2, 0.25) is 5.91 Å². The Morgan fingerprint density at radius 3 is 2.74 bits per heavy atom. The van der Waals surface area contributed by atoms with Gasteiger partial charge in [-0.1, -0.05) is 12.1 Å². The first kappa shape index (κ1) is 21.7. The number of carbonyl (C=O) groups is 1. The summed E-state index contributed by atoms with van der Waals surface area (Å²) in [4.78, 5) is 16.0. The molecule has 1 heterocycles. The zero-order valence-electron chi connectivity index (χ0n) is 13.0. The molecule has 0 radical (unpaired) electrons. The SMILES string of the molecule is COCCNCCNC(=O)CCc1nc2ccccc2o1.Cl.Cl. The van der Waals surface area contributed by atoms with Crippen molar-refractivity contribution in [2.24, 2.45) is 0 Å². The van der Waals surface area contributed by atoms with Crippen LogP contribution in [-0.2, 0) is 16.0 Å². The van der Waals surface area contributed by atoms with E-state index in [1.807, 2.05) is 24.3 Å². The summed E-state index contributed by atoms with van der Waals surface area (Å²) in [5.74, 6) is 0.607. The van der Waals surface area contributed by atoms with E-state index in [1.165, 1.54) is 0 Å². The van der Waals surface area contributed by atoms with Crippen LogP contribution in [0.3, 0.4) is 0 Å². The molecule has 0 aliphatic rings. The molecule has 0 aliphatic carbocycles. The zero-order chi connectivity index (χ0) is 14.9. The van der Waals surface area contributed by atoms with Crippen molar-refractivity contribution in [3.63, 3.8) is 0 Å². The molecule has 0 atom stereocenters. The van der Waals surface area contributed by atoms with Gasteiger partial charge in [0, 0.05) is 39.6 Å². The molecule has 23 heavy (non-hydrogen) atoms. The molecule has 8 heteroatoms. The quantitative estimate of drug-likeness (QED) is 0.666. The highest BCUT2D eigenvalue weighted by atomic mass is 35.5. The topological polar surface area (TPSA) is 76.4 Å². The predicted molar refractivity (Wildman–Crippen MR) is 94.6 cm³/mol. The summed E-state index contributed by atoms with van der Waals surface area (Å²) >= 11 is 0. The molecule has 1 amide bonds. The second-order valence-electron chi connectivity index (χ2n) is 4.67. The number of aromatic nitrogens is 1. The van der Waals surface area contributed by atoms with Gasteiger partial charge in [-0.25, -0.2) is 4.98 Å². The molecule has 2 N–H and O–H groups in total. The summed E-state index contributed by atoms with van der Waals surface area (Å²) < 4.78 is 10.5. The van der Waals surface area contributed by atoms with Gasteiger partial charge in [-0.15, -0.1) is 24.8 Å².